The molecule has 0 aliphatic carbocycles. The van der Waals surface area contributed by atoms with Crippen molar-refractivity contribution in [1.82, 2.24) is 5.06 Å². The third-order valence-electron chi connectivity index (χ3n) is 3.60. The van der Waals surface area contributed by atoms with Crippen molar-refractivity contribution in [3.8, 4) is 0 Å². The highest BCUT2D eigenvalue weighted by Crippen LogP contribution is 2.30. The summed E-state index contributed by atoms with van der Waals surface area (Å²) < 4.78 is 0. The SMILES string of the molecule is CC1(C)C(=O)ON(Cc2ccc3ccccc3c2)C1=O. The number of hydrogen-bond acceptors (Lipinski definition) is 3. The second-order valence-corrected chi connectivity index (χ2v) is 5.53. The van der Waals surface area contributed by atoms with Crippen molar-refractivity contribution in [2.75, 3.05) is 0 Å². The molecule has 1 aliphatic heterocycles. The Morgan fingerprint density at radius 2 is 1.75 bits per heavy atom. The quantitative estimate of drug-likeness (QED) is 0.787. The summed E-state index contributed by atoms with van der Waals surface area (Å²) in [4.78, 5) is 28.8. The molecule has 4 nitrogen and oxygen atoms in total. The first-order valence-corrected chi connectivity index (χ1v) is 6.50. The molecule has 1 heterocycles. The van der Waals surface area contributed by atoms with Gasteiger partial charge in [0.05, 0.1) is 6.54 Å². The van der Waals surface area contributed by atoms with E-state index in [0.717, 1.165) is 21.4 Å². The fraction of sp³-hybridized carbons (Fsp3) is 0.250. The molecular weight excluding hydrogens is 254 g/mol. The van der Waals surface area contributed by atoms with E-state index in [9.17, 15) is 9.59 Å². The first kappa shape index (κ1) is 12.7. The lowest BCUT2D eigenvalue weighted by Crippen LogP contribution is -2.31. The number of rotatable bonds is 2. The van der Waals surface area contributed by atoms with Crippen LogP contribution in [0.4, 0.5) is 0 Å². The number of carbonyl (C=O) groups excluding carboxylic acids is 2. The lowest BCUT2D eigenvalue weighted by molar-refractivity contribution is -0.180. The molecule has 0 radical (unpaired) electrons. The molecule has 0 N–H and O–H groups in total. The predicted molar refractivity (Wildman–Crippen MR) is 74.4 cm³/mol. The maximum atomic E-state index is 12.1. The number of benzene rings is 2. The van der Waals surface area contributed by atoms with Gasteiger partial charge in [-0.15, -0.1) is 0 Å². The monoisotopic (exact) mass is 269 g/mol. The molecule has 4 heteroatoms. The number of hydroxylamine groups is 2. The summed E-state index contributed by atoms with van der Waals surface area (Å²) in [5.74, 6) is -0.793. The maximum absolute atomic E-state index is 12.1. The van der Waals surface area contributed by atoms with Crippen LogP contribution in [0, 0.1) is 5.41 Å². The average molecular weight is 269 g/mol. The molecular formula is C16H15NO3. The van der Waals surface area contributed by atoms with E-state index in [4.69, 9.17) is 4.84 Å². The van der Waals surface area contributed by atoms with E-state index in [-0.39, 0.29) is 12.5 Å². The normalized spacial score (nSPS) is 17.6. The molecule has 0 atom stereocenters. The molecule has 20 heavy (non-hydrogen) atoms. The van der Waals surface area contributed by atoms with Crippen LogP contribution in [0.5, 0.6) is 0 Å². The molecule has 0 bridgehead atoms. The number of hydrogen-bond donors (Lipinski definition) is 0. The Morgan fingerprint density at radius 3 is 2.40 bits per heavy atom. The molecule has 2 aromatic rings. The van der Waals surface area contributed by atoms with Gasteiger partial charge >= 0.3 is 5.97 Å². The van der Waals surface area contributed by atoms with Gasteiger partial charge in [0, 0.05) is 0 Å². The molecule has 0 aromatic heterocycles. The summed E-state index contributed by atoms with van der Waals surface area (Å²) in [6.45, 7) is 3.44. The molecule has 1 saturated heterocycles. The number of nitrogens with zero attached hydrogens (tertiary/aromatic N) is 1. The molecule has 0 spiro atoms. The van der Waals surface area contributed by atoms with Gasteiger partial charge < -0.3 is 4.84 Å². The van der Waals surface area contributed by atoms with Crippen LogP contribution in [-0.4, -0.2) is 16.9 Å². The number of fused-ring (bicyclic) bond motifs is 1. The van der Waals surface area contributed by atoms with Gasteiger partial charge in [-0.05, 0) is 36.2 Å². The lowest BCUT2D eigenvalue weighted by Gasteiger charge is -2.14. The summed E-state index contributed by atoms with van der Waals surface area (Å²) in [6, 6.07) is 13.9. The van der Waals surface area contributed by atoms with E-state index in [1.807, 2.05) is 42.5 Å². The van der Waals surface area contributed by atoms with Gasteiger partial charge in [0.1, 0.15) is 5.41 Å². The van der Waals surface area contributed by atoms with Gasteiger partial charge in [-0.25, -0.2) is 4.79 Å². The standard InChI is InChI=1S/C16H15NO3/c1-16(2)14(18)17(20-15(16)19)10-11-7-8-12-5-3-4-6-13(12)9-11/h3-9H,10H2,1-2H3. The smallest absolute Gasteiger partial charge is 0.337 e. The topological polar surface area (TPSA) is 46.6 Å². The Labute approximate surface area is 116 Å². The summed E-state index contributed by atoms with van der Waals surface area (Å²) in [6.07, 6.45) is 0. The maximum Gasteiger partial charge on any atom is 0.347 e. The minimum atomic E-state index is -1.09. The fourth-order valence-electron chi connectivity index (χ4n) is 2.26. The van der Waals surface area contributed by atoms with Gasteiger partial charge in [-0.3, -0.25) is 4.79 Å². The van der Waals surface area contributed by atoms with Gasteiger partial charge in [0.2, 0.25) is 0 Å². The zero-order valence-corrected chi connectivity index (χ0v) is 11.4. The van der Waals surface area contributed by atoms with E-state index < -0.39 is 11.4 Å². The summed E-state index contributed by atoms with van der Waals surface area (Å²) in [5, 5.41) is 3.38. The number of amides is 1. The van der Waals surface area contributed by atoms with Crippen LogP contribution in [0.15, 0.2) is 42.5 Å². The van der Waals surface area contributed by atoms with Crippen LogP contribution in [0.2, 0.25) is 0 Å². The van der Waals surface area contributed by atoms with E-state index >= 15 is 0 Å². The molecule has 3 rings (SSSR count). The zero-order valence-electron chi connectivity index (χ0n) is 11.4. The van der Waals surface area contributed by atoms with Gasteiger partial charge in [0.15, 0.2) is 0 Å². The number of carbonyl (C=O) groups is 2. The highest BCUT2D eigenvalue weighted by molar-refractivity contribution is 6.05. The van der Waals surface area contributed by atoms with Crippen molar-refractivity contribution < 1.29 is 14.4 Å². The second kappa shape index (κ2) is 4.34. The van der Waals surface area contributed by atoms with Crippen LogP contribution < -0.4 is 0 Å². The predicted octanol–water partition coefficient (Wildman–Crippen LogP) is 2.67. The first-order chi connectivity index (χ1) is 9.48. The summed E-state index contributed by atoms with van der Waals surface area (Å²) in [5.41, 5.74) is -0.154. The van der Waals surface area contributed by atoms with Crippen molar-refractivity contribution in [3.63, 3.8) is 0 Å². The minimum absolute atomic E-state index is 0.277. The van der Waals surface area contributed by atoms with Crippen molar-refractivity contribution in [2.45, 2.75) is 20.4 Å². The first-order valence-electron chi connectivity index (χ1n) is 6.50. The zero-order chi connectivity index (χ0) is 14.3. The molecule has 0 unspecified atom stereocenters. The van der Waals surface area contributed by atoms with Crippen LogP contribution >= 0.6 is 0 Å². The molecule has 1 amide bonds. The Bertz CT molecular complexity index is 706. The Balaban J connectivity index is 1.87. The Kier molecular flexibility index (Phi) is 2.74. The molecule has 102 valence electrons. The minimum Gasteiger partial charge on any atom is -0.337 e. The largest absolute Gasteiger partial charge is 0.347 e. The van der Waals surface area contributed by atoms with Crippen LogP contribution in [0.1, 0.15) is 19.4 Å². The Hall–Kier alpha value is -2.36. The van der Waals surface area contributed by atoms with Crippen molar-refractivity contribution in [2.24, 2.45) is 5.41 Å². The van der Waals surface area contributed by atoms with Crippen LogP contribution in [0.3, 0.4) is 0 Å². The van der Waals surface area contributed by atoms with E-state index in [0.29, 0.717) is 0 Å². The third-order valence-corrected chi connectivity index (χ3v) is 3.60. The average Bonchev–Trinajstić information content (AvgIpc) is 2.62. The van der Waals surface area contributed by atoms with Crippen LogP contribution in [0.25, 0.3) is 10.8 Å². The fourth-order valence-corrected chi connectivity index (χ4v) is 2.26. The van der Waals surface area contributed by atoms with E-state index in [1.54, 1.807) is 13.8 Å². The lowest BCUT2D eigenvalue weighted by atomic mass is 9.94. The summed E-state index contributed by atoms with van der Waals surface area (Å²) >= 11 is 0. The molecule has 2 aromatic carbocycles. The van der Waals surface area contributed by atoms with E-state index in [1.165, 1.54) is 0 Å². The molecule has 0 saturated carbocycles. The van der Waals surface area contributed by atoms with Crippen molar-refractivity contribution in [3.05, 3.63) is 48.0 Å². The highest BCUT2D eigenvalue weighted by Gasteiger charge is 2.49. The van der Waals surface area contributed by atoms with Crippen molar-refractivity contribution in [1.29, 1.82) is 0 Å². The van der Waals surface area contributed by atoms with Gasteiger partial charge in [-0.2, -0.15) is 5.06 Å². The van der Waals surface area contributed by atoms with Crippen LogP contribution in [-0.2, 0) is 21.0 Å². The van der Waals surface area contributed by atoms with Crippen molar-refractivity contribution >= 4 is 22.6 Å². The highest BCUT2D eigenvalue weighted by atomic mass is 16.7. The second-order valence-electron chi connectivity index (χ2n) is 5.53. The van der Waals surface area contributed by atoms with E-state index in [2.05, 4.69) is 0 Å². The van der Waals surface area contributed by atoms with Gasteiger partial charge in [0.25, 0.3) is 5.91 Å². The molecule has 1 fully saturated rings. The molecule has 1 aliphatic rings. The summed E-state index contributed by atoms with van der Waals surface area (Å²) in [7, 11) is 0. The third kappa shape index (κ3) is 1.93. The van der Waals surface area contributed by atoms with Gasteiger partial charge in [-0.1, -0.05) is 36.4 Å². The Morgan fingerprint density at radius 1 is 1.05 bits per heavy atom.